The number of hydrogen-bond donors (Lipinski definition) is 0. The highest BCUT2D eigenvalue weighted by Crippen LogP contribution is 2.38. The first-order chi connectivity index (χ1) is 18.7. The lowest BCUT2D eigenvalue weighted by Gasteiger charge is -2.27. The molecule has 0 atom stereocenters. The number of fused-ring (bicyclic) bond motifs is 1. The molecule has 0 aliphatic rings. The zero-order chi connectivity index (χ0) is 25.9. The largest absolute Gasteiger partial charge is 0.345 e. The molecule has 38 heavy (non-hydrogen) atoms. The molecule has 6 rings (SSSR count). The van der Waals surface area contributed by atoms with Gasteiger partial charge in [0.05, 0.1) is 0 Å². The van der Waals surface area contributed by atoms with Gasteiger partial charge >= 0.3 is 0 Å². The van der Waals surface area contributed by atoms with Gasteiger partial charge in [0.2, 0.25) is 0 Å². The van der Waals surface area contributed by atoms with Crippen molar-refractivity contribution in [2.75, 3.05) is 16.8 Å². The third-order valence-electron chi connectivity index (χ3n) is 7.12. The molecular weight excluding hydrogens is 460 g/mol. The lowest BCUT2D eigenvalue weighted by molar-refractivity contribution is 1.20. The van der Waals surface area contributed by atoms with E-state index in [9.17, 15) is 0 Å². The van der Waals surface area contributed by atoms with Crippen molar-refractivity contribution in [3.63, 3.8) is 0 Å². The maximum atomic E-state index is 2.34. The second kappa shape index (κ2) is 10.3. The predicted octanol–water partition coefficient (Wildman–Crippen LogP) is 10.1. The van der Waals surface area contributed by atoms with Gasteiger partial charge in [0.25, 0.3) is 0 Å². The summed E-state index contributed by atoms with van der Waals surface area (Å²) in [6, 6.07) is 52.0. The molecule has 184 valence electrons. The van der Waals surface area contributed by atoms with Crippen LogP contribution in [0.25, 0.3) is 21.9 Å². The molecule has 0 spiro atoms. The Balaban J connectivity index is 1.43. The van der Waals surface area contributed by atoms with Crippen LogP contribution in [-0.4, -0.2) is 7.05 Å². The molecule has 0 amide bonds. The molecule has 6 aromatic rings. The minimum absolute atomic E-state index is 1.12. The van der Waals surface area contributed by atoms with Gasteiger partial charge < -0.3 is 9.80 Å². The normalized spacial score (nSPS) is 10.9. The Kier molecular flexibility index (Phi) is 6.37. The van der Waals surface area contributed by atoms with Crippen LogP contribution >= 0.6 is 0 Å². The van der Waals surface area contributed by atoms with Gasteiger partial charge in [-0.15, -0.1) is 0 Å². The minimum atomic E-state index is 1.12. The van der Waals surface area contributed by atoms with E-state index < -0.39 is 0 Å². The van der Waals surface area contributed by atoms with Crippen LogP contribution in [0.2, 0.25) is 0 Å². The average Bonchev–Trinajstić information content (AvgIpc) is 2.98. The number of benzene rings is 6. The molecule has 2 heteroatoms. The van der Waals surface area contributed by atoms with Crippen LogP contribution in [0.1, 0.15) is 5.56 Å². The Morgan fingerprint density at radius 3 is 1.68 bits per heavy atom. The number of aryl methyl sites for hydroxylation is 1. The fourth-order valence-electron chi connectivity index (χ4n) is 4.96. The summed E-state index contributed by atoms with van der Waals surface area (Å²) in [4.78, 5) is 4.56. The van der Waals surface area contributed by atoms with Gasteiger partial charge in [0, 0.05) is 35.5 Å². The molecule has 0 radical (unpaired) electrons. The predicted molar refractivity (Wildman–Crippen MR) is 163 cm³/mol. The molecular formula is C36H30N2. The summed E-state index contributed by atoms with van der Waals surface area (Å²) < 4.78 is 0. The first kappa shape index (κ1) is 23.6. The van der Waals surface area contributed by atoms with E-state index in [1.165, 1.54) is 33.2 Å². The molecule has 0 saturated carbocycles. The second-order valence-corrected chi connectivity index (χ2v) is 9.69. The van der Waals surface area contributed by atoms with Crippen LogP contribution in [-0.2, 0) is 0 Å². The summed E-state index contributed by atoms with van der Waals surface area (Å²) in [5, 5.41) is 2.47. The Labute approximate surface area is 225 Å². The first-order valence-corrected chi connectivity index (χ1v) is 13.0. The van der Waals surface area contributed by atoms with Crippen LogP contribution < -0.4 is 9.80 Å². The van der Waals surface area contributed by atoms with Crippen molar-refractivity contribution in [1.29, 1.82) is 0 Å². The van der Waals surface area contributed by atoms with Crippen molar-refractivity contribution in [3.8, 4) is 11.1 Å². The summed E-state index contributed by atoms with van der Waals surface area (Å²) >= 11 is 0. The number of rotatable bonds is 6. The fraction of sp³-hybridized carbons (Fsp3) is 0.0556. The maximum Gasteiger partial charge on any atom is 0.0468 e. The van der Waals surface area contributed by atoms with Gasteiger partial charge in [-0.25, -0.2) is 0 Å². The molecule has 0 N–H and O–H groups in total. The quantitative estimate of drug-likeness (QED) is 0.229. The summed E-state index contributed by atoms with van der Waals surface area (Å²) in [5.74, 6) is 0. The molecule has 2 nitrogen and oxygen atoms in total. The number of nitrogens with zero attached hydrogens (tertiary/aromatic N) is 2. The molecule has 0 unspecified atom stereocenters. The van der Waals surface area contributed by atoms with Crippen LogP contribution in [0, 0.1) is 6.92 Å². The van der Waals surface area contributed by atoms with E-state index >= 15 is 0 Å². The van der Waals surface area contributed by atoms with Crippen LogP contribution in [0.5, 0.6) is 0 Å². The van der Waals surface area contributed by atoms with Gasteiger partial charge in [-0.2, -0.15) is 0 Å². The second-order valence-electron chi connectivity index (χ2n) is 9.69. The van der Waals surface area contributed by atoms with Crippen molar-refractivity contribution in [2.24, 2.45) is 0 Å². The Morgan fingerprint density at radius 1 is 0.395 bits per heavy atom. The molecule has 0 aliphatic heterocycles. The van der Waals surface area contributed by atoms with Crippen molar-refractivity contribution >= 4 is 39.2 Å². The molecule has 0 fully saturated rings. The Bertz CT molecular complexity index is 1670. The van der Waals surface area contributed by atoms with E-state index in [0.29, 0.717) is 0 Å². The highest BCUT2D eigenvalue weighted by Gasteiger charge is 2.15. The van der Waals surface area contributed by atoms with E-state index in [0.717, 1.165) is 22.7 Å². The monoisotopic (exact) mass is 490 g/mol. The number of hydrogen-bond acceptors (Lipinski definition) is 2. The van der Waals surface area contributed by atoms with Crippen LogP contribution in [0.3, 0.4) is 0 Å². The zero-order valence-corrected chi connectivity index (χ0v) is 21.8. The third kappa shape index (κ3) is 4.77. The standard InChI is InChI=1S/C36H30N2/c1-27-15-18-32(19-16-27)37(2)33-21-23-34(24-22-33)38(36-20-17-29-11-6-7-12-30(29)26-36)35-14-8-13-31(25-35)28-9-4-3-5-10-28/h3-26H,1-2H3. The maximum absolute atomic E-state index is 2.34. The van der Waals surface area contributed by atoms with Crippen molar-refractivity contribution in [1.82, 2.24) is 0 Å². The van der Waals surface area contributed by atoms with Gasteiger partial charge in [-0.1, -0.05) is 90.5 Å². The first-order valence-electron chi connectivity index (χ1n) is 13.0. The highest BCUT2D eigenvalue weighted by molar-refractivity contribution is 5.90. The Morgan fingerprint density at radius 2 is 0.947 bits per heavy atom. The molecule has 0 aromatic heterocycles. The Hall–Kier alpha value is -4.82. The summed E-state index contributed by atoms with van der Waals surface area (Å²) in [6.45, 7) is 2.12. The van der Waals surface area contributed by atoms with Gasteiger partial charge in [0.1, 0.15) is 0 Å². The molecule has 0 bridgehead atoms. The average molecular weight is 491 g/mol. The van der Waals surface area contributed by atoms with Gasteiger partial charge in [-0.3, -0.25) is 0 Å². The fourth-order valence-corrected chi connectivity index (χ4v) is 4.96. The van der Waals surface area contributed by atoms with Crippen molar-refractivity contribution < 1.29 is 0 Å². The molecule has 0 aliphatic carbocycles. The van der Waals surface area contributed by atoms with Crippen molar-refractivity contribution in [3.05, 3.63) is 151 Å². The van der Waals surface area contributed by atoms with Gasteiger partial charge in [0.15, 0.2) is 0 Å². The van der Waals surface area contributed by atoms with E-state index in [2.05, 4.69) is 169 Å². The van der Waals surface area contributed by atoms with E-state index in [1.807, 2.05) is 0 Å². The molecule has 0 saturated heterocycles. The van der Waals surface area contributed by atoms with E-state index in [1.54, 1.807) is 0 Å². The van der Waals surface area contributed by atoms with Gasteiger partial charge in [-0.05, 0) is 89.5 Å². The SMILES string of the molecule is Cc1ccc(N(C)c2ccc(N(c3cccc(-c4ccccc4)c3)c3ccc4ccccc4c3)cc2)cc1. The lowest BCUT2D eigenvalue weighted by Crippen LogP contribution is -2.12. The van der Waals surface area contributed by atoms with Crippen LogP contribution in [0.15, 0.2) is 146 Å². The zero-order valence-electron chi connectivity index (χ0n) is 21.8. The van der Waals surface area contributed by atoms with E-state index in [-0.39, 0.29) is 0 Å². The highest BCUT2D eigenvalue weighted by atomic mass is 15.1. The van der Waals surface area contributed by atoms with E-state index in [4.69, 9.17) is 0 Å². The minimum Gasteiger partial charge on any atom is -0.345 e. The lowest BCUT2D eigenvalue weighted by atomic mass is 10.0. The summed E-state index contributed by atoms with van der Waals surface area (Å²) in [7, 11) is 2.12. The smallest absolute Gasteiger partial charge is 0.0468 e. The third-order valence-corrected chi connectivity index (χ3v) is 7.12. The van der Waals surface area contributed by atoms with Crippen LogP contribution in [0.4, 0.5) is 28.4 Å². The molecule has 6 aromatic carbocycles. The summed E-state index contributed by atoms with van der Waals surface area (Å²) in [6.07, 6.45) is 0. The van der Waals surface area contributed by atoms with Crippen molar-refractivity contribution in [2.45, 2.75) is 6.92 Å². The summed E-state index contributed by atoms with van der Waals surface area (Å²) in [5.41, 5.74) is 9.37. The topological polar surface area (TPSA) is 6.48 Å². The number of anilines is 5. The molecule has 0 heterocycles.